The number of halogens is 1. The van der Waals surface area contributed by atoms with Gasteiger partial charge in [-0.2, -0.15) is 0 Å². The molecule has 2 rings (SSSR count). The van der Waals surface area contributed by atoms with Crippen molar-refractivity contribution < 1.29 is 13.2 Å². The number of rotatable bonds is 4. The first kappa shape index (κ1) is 15.2. The van der Waals surface area contributed by atoms with Crippen LogP contribution in [0.5, 0.6) is 0 Å². The molecule has 9 heteroatoms. The molecule has 1 heterocycles. The number of hydrogen-bond acceptors (Lipinski definition) is 5. The zero-order chi connectivity index (χ0) is 14.9. The van der Waals surface area contributed by atoms with Gasteiger partial charge in [-0.3, -0.25) is 4.79 Å². The summed E-state index contributed by atoms with van der Waals surface area (Å²) >= 11 is 6.85. The van der Waals surface area contributed by atoms with Gasteiger partial charge in [0.25, 0.3) is 0 Å². The molecule has 0 aliphatic rings. The Morgan fingerprint density at radius 1 is 1.45 bits per heavy atom. The number of hydrogen-bond donors (Lipinski definition) is 2. The average Bonchev–Trinajstić information content (AvgIpc) is 2.79. The Bertz CT molecular complexity index is 755. The molecule has 0 bridgehead atoms. The number of nitrogens with zero attached hydrogens (tertiary/aromatic N) is 1. The fourth-order valence-corrected chi connectivity index (χ4v) is 3.24. The Labute approximate surface area is 125 Å². The van der Waals surface area contributed by atoms with Gasteiger partial charge in [0, 0.05) is 0 Å². The number of carbonyl (C=O) groups excluding carboxylic acids is 1. The highest BCUT2D eigenvalue weighted by Gasteiger charge is 2.15. The van der Waals surface area contributed by atoms with Crippen LogP contribution in [0.2, 0.25) is 0 Å². The third-order valence-electron chi connectivity index (χ3n) is 2.53. The highest BCUT2D eigenvalue weighted by molar-refractivity contribution is 7.89. The maximum Gasteiger partial charge on any atom is 0.243 e. The molecule has 1 unspecified atom stereocenters. The van der Waals surface area contributed by atoms with Gasteiger partial charge in [0.15, 0.2) is 5.13 Å². The van der Waals surface area contributed by atoms with E-state index in [0.29, 0.717) is 15.3 Å². The second kappa shape index (κ2) is 5.65. The first-order valence-corrected chi connectivity index (χ1v) is 8.36. The van der Waals surface area contributed by atoms with Crippen molar-refractivity contribution in [3.63, 3.8) is 0 Å². The number of aromatic nitrogens is 1. The molecule has 2 N–H and O–H groups in total. The summed E-state index contributed by atoms with van der Waals surface area (Å²) in [6.45, 7) is 1.56. The van der Waals surface area contributed by atoms with Crippen molar-refractivity contribution in [2.75, 3.05) is 12.4 Å². The van der Waals surface area contributed by atoms with Crippen molar-refractivity contribution in [2.45, 2.75) is 17.2 Å². The summed E-state index contributed by atoms with van der Waals surface area (Å²) < 4.78 is 26.3. The number of nitrogens with one attached hydrogen (secondary N) is 2. The summed E-state index contributed by atoms with van der Waals surface area (Å²) in [5.74, 6) is -0.353. The van der Waals surface area contributed by atoms with E-state index in [9.17, 15) is 13.2 Å². The largest absolute Gasteiger partial charge is 0.301 e. The van der Waals surface area contributed by atoms with E-state index in [4.69, 9.17) is 11.6 Å². The van der Waals surface area contributed by atoms with Crippen LogP contribution in [0.3, 0.4) is 0 Å². The Morgan fingerprint density at radius 2 is 2.15 bits per heavy atom. The highest BCUT2D eigenvalue weighted by atomic mass is 35.5. The fourth-order valence-electron chi connectivity index (χ4n) is 1.45. The molecule has 6 nitrogen and oxygen atoms in total. The lowest BCUT2D eigenvalue weighted by molar-refractivity contribution is -0.115. The van der Waals surface area contributed by atoms with Crippen LogP contribution < -0.4 is 10.0 Å². The fraction of sp³-hybridized carbons (Fsp3) is 0.273. The first-order chi connectivity index (χ1) is 9.33. The molecule has 1 amide bonds. The normalized spacial score (nSPS) is 13.3. The van der Waals surface area contributed by atoms with Crippen LogP contribution >= 0.6 is 22.9 Å². The number of sulfonamides is 1. The van der Waals surface area contributed by atoms with E-state index in [1.807, 2.05) is 0 Å². The van der Waals surface area contributed by atoms with E-state index in [0.717, 1.165) is 0 Å². The van der Waals surface area contributed by atoms with E-state index in [1.165, 1.54) is 30.5 Å². The summed E-state index contributed by atoms with van der Waals surface area (Å²) in [6, 6.07) is 4.57. The number of alkyl halides is 1. The van der Waals surface area contributed by atoms with Crippen molar-refractivity contribution in [2.24, 2.45) is 0 Å². The summed E-state index contributed by atoms with van der Waals surface area (Å²) in [5, 5.41) is 2.30. The van der Waals surface area contributed by atoms with E-state index in [2.05, 4.69) is 15.0 Å². The summed E-state index contributed by atoms with van der Waals surface area (Å²) in [5.41, 5.74) is 0.613. The van der Waals surface area contributed by atoms with Crippen LogP contribution in [0.4, 0.5) is 5.13 Å². The van der Waals surface area contributed by atoms with Gasteiger partial charge >= 0.3 is 0 Å². The number of amides is 1. The first-order valence-electron chi connectivity index (χ1n) is 5.62. The smallest absolute Gasteiger partial charge is 0.243 e. The third-order valence-corrected chi connectivity index (χ3v) is 5.07. The van der Waals surface area contributed by atoms with Crippen molar-refractivity contribution in [1.82, 2.24) is 9.71 Å². The lowest BCUT2D eigenvalue weighted by Crippen LogP contribution is -2.19. The Balaban J connectivity index is 2.38. The number of fused-ring (bicyclic) bond motifs is 1. The van der Waals surface area contributed by atoms with Gasteiger partial charge in [0.05, 0.1) is 15.1 Å². The van der Waals surface area contributed by atoms with Crippen LogP contribution in [0, 0.1) is 0 Å². The Kier molecular flexibility index (Phi) is 4.28. The molecule has 0 spiro atoms. The summed E-state index contributed by atoms with van der Waals surface area (Å²) in [4.78, 5) is 15.8. The predicted molar refractivity (Wildman–Crippen MR) is 79.8 cm³/mol. The van der Waals surface area contributed by atoms with Crippen LogP contribution in [-0.2, 0) is 14.8 Å². The van der Waals surface area contributed by atoms with Crippen LogP contribution in [0.25, 0.3) is 10.2 Å². The lowest BCUT2D eigenvalue weighted by atomic mass is 10.3. The van der Waals surface area contributed by atoms with Crippen LogP contribution in [0.1, 0.15) is 6.92 Å². The van der Waals surface area contributed by atoms with Crippen LogP contribution in [-0.4, -0.2) is 31.7 Å². The van der Waals surface area contributed by atoms with Gasteiger partial charge in [-0.05, 0) is 32.2 Å². The molecular weight excluding hydrogens is 322 g/mol. The number of thiazole rings is 1. The zero-order valence-corrected chi connectivity index (χ0v) is 13.1. The molecule has 20 heavy (non-hydrogen) atoms. The number of benzene rings is 1. The minimum atomic E-state index is -3.50. The highest BCUT2D eigenvalue weighted by Crippen LogP contribution is 2.28. The van der Waals surface area contributed by atoms with Gasteiger partial charge in [0.2, 0.25) is 15.9 Å². The van der Waals surface area contributed by atoms with Gasteiger partial charge in [-0.1, -0.05) is 11.3 Å². The molecule has 0 aliphatic carbocycles. The average molecular weight is 334 g/mol. The Hall–Kier alpha value is -1.22. The van der Waals surface area contributed by atoms with E-state index >= 15 is 0 Å². The second-order valence-corrected chi connectivity index (χ2v) is 7.53. The molecule has 0 saturated carbocycles. The van der Waals surface area contributed by atoms with Gasteiger partial charge < -0.3 is 5.32 Å². The molecule has 0 radical (unpaired) electrons. The molecule has 0 saturated heterocycles. The quantitative estimate of drug-likeness (QED) is 0.835. The van der Waals surface area contributed by atoms with Crippen LogP contribution in [0.15, 0.2) is 23.1 Å². The predicted octanol–water partition coefficient (Wildman–Crippen LogP) is 1.77. The minimum Gasteiger partial charge on any atom is -0.301 e. The van der Waals surface area contributed by atoms with E-state index < -0.39 is 15.4 Å². The SMILES string of the molecule is CNS(=O)(=O)c1ccc2nc(NC(=O)C(C)Cl)sc2c1. The molecule has 0 fully saturated rings. The molecule has 0 aliphatic heterocycles. The summed E-state index contributed by atoms with van der Waals surface area (Å²) in [7, 11) is -2.15. The second-order valence-electron chi connectivity index (χ2n) is 3.96. The molecule has 1 aromatic carbocycles. The van der Waals surface area contributed by atoms with Crippen molar-refractivity contribution in [3.8, 4) is 0 Å². The van der Waals surface area contributed by atoms with Gasteiger partial charge in [-0.15, -0.1) is 11.6 Å². The minimum absolute atomic E-state index is 0.153. The molecule has 108 valence electrons. The molecule has 1 aromatic heterocycles. The van der Waals surface area contributed by atoms with E-state index in [1.54, 1.807) is 13.0 Å². The maximum absolute atomic E-state index is 11.7. The topological polar surface area (TPSA) is 88.2 Å². The molecule has 2 aromatic rings. The molecule has 1 atom stereocenters. The van der Waals surface area contributed by atoms with Gasteiger partial charge in [0.1, 0.15) is 5.38 Å². The van der Waals surface area contributed by atoms with Crippen molar-refractivity contribution in [3.05, 3.63) is 18.2 Å². The Morgan fingerprint density at radius 3 is 2.75 bits per heavy atom. The lowest BCUT2D eigenvalue weighted by Gasteiger charge is -2.01. The number of anilines is 1. The zero-order valence-electron chi connectivity index (χ0n) is 10.7. The maximum atomic E-state index is 11.7. The van der Waals surface area contributed by atoms with E-state index in [-0.39, 0.29) is 10.8 Å². The third kappa shape index (κ3) is 3.09. The van der Waals surface area contributed by atoms with Crippen molar-refractivity contribution >= 4 is 54.2 Å². The number of carbonyl (C=O) groups is 1. The monoisotopic (exact) mass is 333 g/mol. The summed E-state index contributed by atoms with van der Waals surface area (Å²) in [6.07, 6.45) is 0. The van der Waals surface area contributed by atoms with Crippen molar-refractivity contribution in [1.29, 1.82) is 0 Å². The van der Waals surface area contributed by atoms with Gasteiger partial charge in [-0.25, -0.2) is 18.1 Å². The standard InChI is InChI=1S/C11H12ClN3O3S2/c1-6(12)10(16)15-11-14-8-4-3-7(5-9(8)19-11)20(17,18)13-2/h3-6,13H,1-2H3,(H,14,15,16). The molecular formula is C11H12ClN3O3S2.